The molecule has 0 saturated carbocycles. The Bertz CT molecular complexity index is 797. The molecule has 3 rings (SSSR count). The van der Waals surface area contributed by atoms with Crippen molar-refractivity contribution in [3.8, 4) is 11.1 Å². The second kappa shape index (κ2) is 9.28. The molecule has 28 heavy (non-hydrogen) atoms. The minimum atomic E-state index is -1.05. The maximum absolute atomic E-state index is 15.2. The first-order valence-corrected chi connectivity index (χ1v) is 10.8. The van der Waals surface area contributed by atoms with Gasteiger partial charge in [-0.25, -0.2) is 4.39 Å². The molecule has 1 aliphatic rings. The van der Waals surface area contributed by atoms with Crippen LogP contribution in [-0.2, 0) is 0 Å². The minimum Gasteiger partial charge on any atom is -0.369 e. The molecular weight excluding hydrogens is 371 g/mol. The van der Waals surface area contributed by atoms with Gasteiger partial charge in [0.2, 0.25) is 0 Å². The Morgan fingerprint density at radius 1 is 1.04 bits per heavy atom. The molecule has 1 aliphatic heterocycles. The largest absolute Gasteiger partial charge is 0.369 e. The number of hydrogen-bond donors (Lipinski definition) is 0. The fourth-order valence-corrected chi connectivity index (χ4v) is 4.31. The van der Waals surface area contributed by atoms with E-state index in [-0.39, 0.29) is 5.92 Å². The van der Waals surface area contributed by atoms with Crippen molar-refractivity contribution in [2.45, 2.75) is 40.3 Å². The second-order valence-electron chi connectivity index (χ2n) is 8.23. The van der Waals surface area contributed by atoms with E-state index in [1.807, 2.05) is 18.2 Å². The lowest BCUT2D eigenvalue weighted by molar-refractivity contribution is 0.271. The van der Waals surface area contributed by atoms with Gasteiger partial charge in [-0.15, -0.1) is 0 Å². The lowest BCUT2D eigenvalue weighted by Crippen LogP contribution is -2.46. The number of hydrogen-bond acceptors (Lipinski definition) is 2. The SMILES string of the molecule is CCN1CCN(c2cc(-c3ccccc3C)c(Cl)c(C(F)CC(C)C)c2)CC1. The number of halogens is 2. The molecule has 2 aromatic carbocycles. The average molecular weight is 403 g/mol. The Balaban J connectivity index is 2.05. The van der Waals surface area contributed by atoms with E-state index in [2.05, 4.69) is 55.7 Å². The number of piperazine rings is 1. The number of nitrogens with zero attached hydrogens (tertiary/aromatic N) is 2. The second-order valence-corrected chi connectivity index (χ2v) is 8.61. The summed E-state index contributed by atoms with van der Waals surface area (Å²) in [5.74, 6) is 0.282. The number of aryl methyl sites for hydroxylation is 1. The number of alkyl halides is 1. The van der Waals surface area contributed by atoms with Crippen molar-refractivity contribution in [2.24, 2.45) is 5.92 Å². The molecule has 1 atom stereocenters. The summed E-state index contributed by atoms with van der Waals surface area (Å²) in [7, 11) is 0. The molecule has 0 bridgehead atoms. The van der Waals surface area contributed by atoms with Gasteiger partial charge in [-0.05, 0) is 49.1 Å². The highest BCUT2D eigenvalue weighted by molar-refractivity contribution is 6.34. The average Bonchev–Trinajstić information content (AvgIpc) is 2.68. The molecule has 152 valence electrons. The summed E-state index contributed by atoms with van der Waals surface area (Å²) >= 11 is 6.78. The molecule has 4 heteroatoms. The fourth-order valence-electron chi connectivity index (χ4n) is 3.98. The molecule has 1 saturated heterocycles. The van der Waals surface area contributed by atoms with Gasteiger partial charge in [-0.3, -0.25) is 0 Å². The van der Waals surface area contributed by atoms with Crippen LogP contribution in [0.1, 0.15) is 44.5 Å². The summed E-state index contributed by atoms with van der Waals surface area (Å²) in [5.41, 5.74) is 4.89. The molecule has 1 fully saturated rings. The topological polar surface area (TPSA) is 6.48 Å². The zero-order valence-corrected chi connectivity index (χ0v) is 18.3. The van der Waals surface area contributed by atoms with E-state index in [9.17, 15) is 0 Å². The van der Waals surface area contributed by atoms with Crippen molar-refractivity contribution in [1.82, 2.24) is 4.90 Å². The van der Waals surface area contributed by atoms with Crippen LogP contribution in [0.5, 0.6) is 0 Å². The Labute approximate surface area is 174 Å². The highest BCUT2D eigenvalue weighted by atomic mass is 35.5. The first kappa shape index (κ1) is 21.1. The van der Waals surface area contributed by atoms with Crippen molar-refractivity contribution >= 4 is 17.3 Å². The van der Waals surface area contributed by atoms with E-state index >= 15 is 4.39 Å². The maximum atomic E-state index is 15.2. The van der Waals surface area contributed by atoms with Crippen LogP contribution >= 0.6 is 11.6 Å². The molecule has 0 aromatic heterocycles. The van der Waals surface area contributed by atoms with E-state index in [1.165, 1.54) is 0 Å². The van der Waals surface area contributed by atoms with Crippen molar-refractivity contribution in [1.29, 1.82) is 0 Å². The fraction of sp³-hybridized carbons (Fsp3) is 0.500. The van der Waals surface area contributed by atoms with Crippen LogP contribution in [0, 0.1) is 12.8 Å². The van der Waals surface area contributed by atoms with Crippen molar-refractivity contribution in [3.63, 3.8) is 0 Å². The highest BCUT2D eigenvalue weighted by Gasteiger charge is 2.23. The summed E-state index contributed by atoms with van der Waals surface area (Å²) in [5, 5.41) is 0.554. The van der Waals surface area contributed by atoms with Gasteiger partial charge in [-0.1, -0.05) is 56.6 Å². The molecule has 0 spiro atoms. The van der Waals surface area contributed by atoms with Gasteiger partial charge in [0, 0.05) is 43.0 Å². The molecular formula is C24H32ClFN2. The molecule has 0 aliphatic carbocycles. The smallest absolute Gasteiger partial charge is 0.127 e. The first-order valence-electron chi connectivity index (χ1n) is 10.4. The number of anilines is 1. The highest BCUT2D eigenvalue weighted by Crippen LogP contribution is 2.41. The monoisotopic (exact) mass is 402 g/mol. The van der Waals surface area contributed by atoms with E-state index < -0.39 is 6.17 Å². The minimum absolute atomic E-state index is 0.282. The van der Waals surface area contributed by atoms with Gasteiger partial charge in [0.25, 0.3) is 0 Å². The Hall–Kier alpha value is -1.58. The standard InChI is InChI=1S/C24H32ClFN2/c1-5-27-10-12-28(13-11-27)19-15-21(20-9-7-6-8-18(20)4)24(25)22(16-19)23(26)14-17(2)3/h6-9,15-17,23H,5,10-14H2,1-4H3. The Kier molecular flexibility index (Phi) is 7.00. The van der Waals surface area contributed by atoms with Crippen molar-refractivity contribution in [2.75, 3.05) is 37.6 Å². The van der Waals surface area contributed by atoms with Crippen LogP contribution in [0.25, 0.3) is 11.1 Å². The molecule has 0 amide bonds. The van der Waals surface area contributed by atoms with E-state index in [4.69, 9.17) is 11.6 Å². The molecule has 1 heterocycles. The lowest BCUT2D eigenvalue weighted by atomic mass is 9.93. The van der Waals surface area contributed by atoms with Gasteiger partial charge in [0.1, 0.15) is 6.17 Å². The third-order valence-electron chi connectivity index (χ3n) is 5.72. The van der Waals surface area contributed by atoms with Gasteiger partial charge >= 0.3 is 0 Å². The molecule has 0 radical (unpaired) electrons. The first-order chi connectivity index (χ1) is 13.4. The molecule has 2 aromatic rings. The van der Waals surface area contributed by atoms with Crippen molar-refractivity contribution < 1.29 is 4.39 Å². The van der Waals surface area contributed by atoms with Gasteiger partial charge in [0.15, 0.2) is 0 Å². The Morgan fingerprint density at radius 2 is 1.71 bits per heavy atom. The van der Waals surface area contributed by atoms with Crippen LogP contribution in [0.15, 0.2) is 36.4 Å². The normalized spacial score (nSPS) is 16.6. The van der Waals surface area contributed by atoms with E-state index in [1.54, 1.807) is 0 Å². The van der Waals surface area contributed by atoms with Gasteiger partial charge in [-0.2, -0.15) is 0 Å². The van der Waals surface area contributed by atoms with Crippen LogP contribution in [0.2, 0.25) is 5.02 Å². The maximum Gasteiger partial charge on any atom is 0.127 e. The molecule has 2 nitrogen and oxygen atoms in total. The van der Waals surface area contributed by atoms with Crippen LogP contribution in [0.4, 0.5) is 10.1 Å². The van der Waals surface area contributed by atoms with Gasteiger partial charge in [0.05, 0.1) is 5.02 Å². The Morgan fingerprint density at radius 3 is 2.32 bits per heavy atom. The number of likely N-dealkylation sites (N-methyl/N-ethyl adjacent to an activating group) is 1. The third-order valence-corrected chi connectivity index (χ3v) is 6.14. The summed E-state index contributed by atoms with van der Waals surface area (Å²) < 4.78 is 15.2. The van der Waals surface area contributed by atoms with Crippen LogP contribution in [-0.4, -0.2) is 37.6 Å². The predicted octanol–water partition coefficient (Wildman–Crippen LogP) is 6.51. The van der Waals surface area contributed by atoms with E-state index in [0.717, 1.165) is 55.1 Å². The molecule has 1 unspecified atom stereocenters. The summed E-state index contributed by atoms with van der Waals surface area (Å²) in [6.45, 7) is 13.5. The van der Waals surface area contributed by atoms with Crippen molar-refractivity contribution in [3.05, 3.63) is 52.5 Å². The molecule has 0 N–H and O–H groups in total. The van der Waals surface area contributed by atoms with Crippen LogP contribution < -0.4 is 4.90 Å². The predicted molar refractivity (Wildman–Crippen MR) is 119 cm³/mol. The lowest BCUT2D eigenvalue weighted by Gasteiger charge is -2.36. The van der Waals surface area contributed by atoms with Crippen LogP contribution in [0.3, 0.4) is 0 Å². The summed E-state index contributed by atoms with van der Waals surface area (Å²) in [6, 6.07) is 12.3. The van der Waals surface area contributed by atoms with E-state index in [0.29, 0.717) is 17.0 Å². The number of rotatable bonds is 6. The summed E-state index contributed by atoms with van der Waals surface area (Å²) in [4.78, 5) is 4.82. The zero-order valence-electron chi connectivity index (χ0n) is 17.5. The third kappa shape index (κ3) is 4.69. The van der Waals surface area contributed by atoms with Gasteiger partial charge < -0.3 is 9.80 Å². The number of benzene rings is 2. The summed E-state index contributed by atoms with van der Waals surface area (Å²) in [6.07, 6.45) is -0.563. The zero-order chi connectivity index (χ0) is 20.3. The quantitative estimate of drug-likeness (QED) is 0.543.